The Morgan fingerprint density at radius 1 is 1.42 bits per heavy atom. The van der Waals surface area contributed by atoms with Crippen molar-refractivity contribution in [3.8, 4) is 0 Å². The highest BCUT2D eigenvalue weighted by molar-refractivity contribution is 5.81. The molecule has 1 amide bonds. The first-order valence-corrected chi connectivity index (χ1v) is 6.92. The van der Waals surface area contributed by atoms with Crippen molar-refractivity contribution in [2.24, 2.45) is 0 Å². The Morgan fingerprint density at radius 3 is 2.84 bits per heavy atom. The molecule has 0 N–H and O–H groups in total. The highest BCUT2D eigenvalue weighted by Crippen LogP contribution is 2.27. The topological polar surface area (TPSA) is 38.1 Å². The number of carbonyl (C=O) groups excluding carboxylic acids is 1. The smallest absolute Gasteiger partial charge is 0.242 e. The molecule has 1 heterocycles. The van der Waals surface area contributed by atoms with Crippen LogP contribution in [0.15, 0.2) is 24.3 Å². The molecule has 3 rings (SSSR count). The number of hydrogen-bond acceptors (Lipinski definition) is 2. The van der Waals surface area contributed by atoms with Crippen LogP contribution in [-0.4, -0.2) is 32.9 Å². The van der Waals surface area contributed by atoms with Crippen molar-refractivity contribution in [3.63, 3.8) is 0 Å². The Hall–Kier alpha value is -1.84. The normalized spacial score (nSPS) is 14.8. The number of carbonyl (C=O) groups is 1. The molecule has 100 valence electrons. The summed E-state index contributed by atoms with van der Waals surface area (Å²) in [6.45, 7) is 5.21. The molecule has 0 saturated heterocycles. The van der Waals surface area contributed by atoms with E-state index < -0.39 is 0 Å². The molecule has 1 fully saturated rings. The van der Waals surface area contributed by atoms with Crippen molar-refractivity contribution in [1.82, 2.24) is 14.5 Å². The van der Waals surface area contributed by atoms with Gasteiger partial charge in [-0.15, -0.1) is 0 Å². The minimum atomic E-state index is 0.205. The molecule has 0 aliphatic heterocycles. The average molecular weight is 257 g/mol. The summed E-state index contributed by atoms with van der Waals surface area (Å²) in [7, 11) is 0. The SMILES string of the molecule is CCN(C(=O)Cn1c(C)nc2ccccc21)C1CC1. The standard InChI is InChI=1S/C15H19N3O/c1-3-17(12-8-9-12)15(19)10-18-11(2)16-13-6-4-5-7-14(13)18/h4-7,12H,3,8-10H2,1-2H3. The predicted octanol–water partition coefficient (Wildman–Crippen LogP) is 2.36. The Kier molecular flexibility index (Phi) is 3.01. The third-order valence-electron chi connectivity index (χ3n) is 3.79. The van der Waals surface area contributed by atoms with Crippen molar-refractivity contribution < 1.29 is 4.79 Å². The van der Waals surface area contributed by atoms with Crippen LogP contribution in [-0.2, 0) is 11.3 Å². The Morgan fingerprint density at radius 2 is 2.16 bits per heavy atom. The van der Waals surface area contributed by atoms with Crippen molar-refractivity contribution in [2.45, 2.75) is 39.3 Å². The quantitative estimate of drug-likeness (QED) is 0.843. The number of rotatable bonds is 4. The van der Waals surface area contributed by atoms with E-state index in [1.165, 1.54) is 0 Å². The van der Waals surface area contributed by atoms with Crippen molar-refractivity contribution in [1.29, 1.82) is 0 Å². The van der Waals surface area contributed by atoms with Crippen molar-refractivity contribution in [3.05, 3.63) is 30.1 Å². The van der Waals surface area contributed by atoms with Gasteiger partial charge in [-0.3, -0.25) is 4.79 Å². The number of hydrogen-bond donors (Lipinski definition) is 0. The third kappa shape index (κ3) is 2.23. The van der Waals surface area contributed by atoms with E-state index >= 15 is 0 Å². The zero-order valence-corrected chi connectivity index (χ0v) is 11.5. The lowest BCUT2D eigenvalue weighted by Gasteiger charge is -2.21. The molecular weight excluding hydrogens is 238 g/mol. The summed E-state index contributed by atoms with van der Waals surface area (Å²) in [6.07, 6.45) is 2.31. The number of aromatic nitrogens is 2. The number of likely N-dealkylation sites (N-methyl/N-ethyl adjacent to an activating group) is 1. The first kappa shape index (κ1) is 12.2. The maximum absolute atomic E-state index is 12.4. The number of para-hydroxylation sites is 2. The minimum Gasteiger partial charge on any atom is -0.338 e. The van der Waals surface area contributed by atoms with Gasteiger partial charge in [0, 0.05) is 12.6 Å². The van der Waals surface area contributed by atoms with E-state index in [4.69, 9.17) is 0 Å². The molecule has 0 radical (unpaired) electrons. The molecular formula is C15H19N3O. The molecule has 19 heavy (non-hydrogen) atoms. The van der Waals surface area contributed by atoms with E-state index in [1.807, 2.05) is 40.7 Å². The van der Waals surface area contributed by atoms with E-state index in [2.05, 4.69) is 11.9 Å². The minimum absolute atomic E-state index is 0.205. The molecule has 0 atom stereocenters. The van der Waals surface area contributed by atoms with Crippen molar-refractivity contribution in [2.75, 3.05) is 6.54 Å². The maximum Gasteiger partial charge on any atom is 0.242 e. The van der Waals surface area contributed by atoms with Crippen LogP contribution in [0, 0.1) is 6.92 Å². The van der Waals surface area contributed by atoms with Crippen LogP contribution in [0.1, 0.15) is 25.6 Å². The molecule has 1 aliphatic carbocycles. The summed E-state index contributed by atoms with van der Waals surface area (Å²) in [6, 6.07) is 8.46. The average Bonchev–Trinajstić information content (AvgIpc) is 3.17. The summed E-state index contributed by atoms with van der Waals surface area (Å²) < 4.78 is 2.02. The number of amides is 1. The summed E-state index contributed by atoms with van der Waals surface area (Å²) in [5.74, 6) is 1.11. The monoisotopic (exact) mass is 257 g/mol. The van der Waals surface area contributed by atoms with Crippen LogP contribution >= 0.6 is 0 Å². The molecule has 4 heteroatoms. The first-order chi connectivity index (χ1) is 9.20. The van der Waals surface area contributed by atoms with Crippen LogP contribution < -0.4 is 0 Å². The summed E-state index contributed by atoms with van der Waals surface area (Å²) in [5, 5.41) is 0. The number of imidazole rings is 1. The molecule has 1 saturated carbocycles. The Balaban J connectivity index is 1.88. The van der Waals surface area contributed by atoms with Gasteiger partial charge in [-0.25, -0.2) is 4.98 Å². The van der Waals surface area contributed by atoms with Gasteiger partial charge in [0.15, 0.2) is 0 Å². The summed E-state index contributed by atoms with van der Waals surface area (Å²) >= 11 is 0. The van der Waals surface area contributed by atoms with Crippen LogP contribution in [0.3, 0.4) is 0 Å². The van der Waals surface area contributed by atoms with E-state index in [0.717, 1.165) is 36.2 Å². The molecule has 4 nitrogen and oxygen atoms in total. The number of aryl methyl sites for hydroxylation is 1. The van der Waals surface area contributed by atoms with Crippen LogP contribution in [0.4, 0.5) is 0 Å². The molecule has 1 aromatic carbocycles. The van der Waals surface area contributed by atoms with Gasteiger partial charge >= 0.3 is 0 Å². The van der Waals surface area contributed by atoms with Gasteiger partial charge < -0.3 is 9.47 Å². The van der Waals surface area contributed by atoms with Gasteiger partial charge in [0.2, 0.25) is 5.91 Å². The highest BCUT2D eigenvalue weighted by Gasteiger charge is 2.31. The van der Waals surface area contributed by atoms with E-state index in [0.29, 0.717) is 12.6 Å². The second kappa shape index (κ2) is 4.68. The van der Waals surface area contributed by atoms with E-state index in [-0.39, 0.29) is 5.91 Å². The number of benzene rings is 1. The van der Waals surface area contributed by atoms with Crippen LogP contribution in [0.25, 0.3) is 11.0 Å². The number of fused-ring (bicyclic) bond motifs is 1. The lowest BCUT2D eigenvalue weighted by Crippen LogP contribution is -2.35. The molecule has 2 aromatic rings. The predicted molar refractivity (Wildman–Crippen MR) is 74.9 cm³/mol. The Labute approximate surface area is 113 Å². The second-order valence-corrected chi connectivity index (χ2v) is 5.14. The molecule has 1 aromatic heterocycles. The largest absolute Gasteiger partial charge is 0.338 e. The highest BCUT2D eigenvalue weighted by atomic mass is 16.2. The van der Waals surface area contributed by atoms with Gasteiger partial charge in [-0.2, -0.15) is 0 Å². The van der Waals surface area contributed by atoms with Crippen molar-refractivity contribution >= 4 is 16.9 Å². The zero-order chi connectivity index (χ0) is 13.4. The second-order valence-electron chi connectivity index (χ2n) is 5.14. The fourth-order valence-electron chi connectivity index (χ4n) is 2.65. The molecule has 0 spiro atoms. The lowest BCUT2D eigenvalue weighted by atomic mass is 10.3. The van der Waals surface area contributed by atoms with Gasteiger partial charge in [-0.1, -0.05) is 12.1 Å². The molecule has 0 unspecified atom stereocenters. The lowest BCUT2D eigenvalue weighted by molar-refractivity contribution is -0.132. The van der Waals surface area contributed by atoms with Gasteiger partial charge in [0.1, 0.15) is 12.4 Å². The summed E-state index contributed by atoms with van der Waals surface area (Å²) in [5.41, 5.74) is 2.00. The van der Waals surface area contributed by atoms with E-state index in [9.17, 15) is 4.79 Å². The van der Waals surface area contributed by atoms with E-state index in [1.54, 1.807) is 0 Å². The molecule has 1 aliphatic rings. The maximum atomic E-state index is 12.4. The van der Waals surface area contributed by atoms with Crippen LogP contribution in [0.5, 0.6) is 0 Å². The van der Waals surface area contributed by atoms with Gasteiger partial charge in [0.25, 0.3) is 0 Å². The number of nitrogens with zero attached hydrogens (tertiary/aromatic N) is 3. The van der Waals surface area contributed by atoms with Crippen LogP contribution in [0.2, 0.25) is 0 Å². The fraction of sp³-hybridized carbons (Fsp3) is 0.467. The summed E-state index contributed by atoms with van der Waals surface area (Å²) in [4.78, 5) is 18.9. The zero-order valence-electron chi connectivity index (χ0n) is 11.5. The first-order valence-electron chi connectivity index (χ1n) is 6.92. The fourth-order valence-corrected chi connectivity index (χ4v) is 2.65. The molecule has 0 bridgehead atoms. The van der Waals surface area contributed by atoms with Gasteiger partial charge in [0.05, 0.1) is 11.0 Å². The third-order valence-corrected chi connectivity index (χ3v) is 3.79. The van der Waals surface area contributed by atoms with Gasteiger partial charge in [-0.05, 0) is 38.8 Å². The Bertz CT molecular complexity index is 613.